The molecule has 0 saturated heterocycles. The van der Waals surface area contributed by atoms with Gasteiger partial charge in [0.2, 0.25) is 16.0 Å². The quantitative estimate of drug-likeness (QED) is 0.575. The first-order valence-electron chi connectivity index (χ1n) is 10.5. The number of hydrogen-bond donors (Lipinski definition) is 3. The van der Waals surface area contributed by atoms with Crippen LogP contribution in [0.3, 0.4) is 0 Å². The molecule has 0 bridgehead atoms. The van der Waals surface area contributed by atoms with E-state index in [4.69, 9.17) is 5.73 Å². The van der Waals surface area contributed by atoms with Crippen molar-refractivity contribution in [1.82, 2.24) is 14.9 Å². The van der Waals surface area contributed by atoms with Crippen LogP contribution < -0.4 is 20.7 Å². The van der Waals surface area contributed by atoms with Crippen LogP contribution in [0.15, 0.2) is 39.9 Å². The molecule has 4 rings (SSSR count). The minimum Gasteiger partial charge on any atom is -0.394 e. The largest absolute Gasteiger partial charge is 0.394 e. The van der Waals surface area contributed by atoms with E-state index in [1.807, 2.05) is 25.7 Å². The summed E-state index contributed by atoms with van der Waals surface area (Å²) in [5.74, 6) is 0.295. The lowest BCUT2D eigenvalue weighted by Gasteiger charge is -2.41. The molecule has 0 aromatic heterocycles. The van der Waals surface area contributed by atoms with E-state index in [0.717, 1.165) is 18.4 Å². The molecule has 2 aliphatic heterocycles. The molecule has 31 heavy (non-hydrogen) atoms. The molecule has 4 N–H and O–H groups in total. The fourth-order valence-corrected chi connectivity index (χ4v) is 5.60. The Morgan fingerprint density at radius 2 is 2.13 bits per heavy atom. The second-order valence-corrected chi connectivity index (χ2v) is 10.5. The first-order chi connectivity index (χ1) is 14.6. The van der Waals surface area contributed by atoms with Crippen molar-refractivity contribution in [2.45, 2.75) is 56.1 Å². The van der Waals surface area contributed by atoms with E-state index in [0.29, 0.717) is 23.8 Å². The number of guanidine groups is 1. The maximum absolute atomic E-state index is 13.6. The van der Waals surface area contributed by atoms with Crippen molar-refractivity contribution in [3.05, 3.63) is 35.5 Å². The van der Waals surface area contributed by atoms with Gasteiger partial charge in [0.1, 0.15) is 0 Å². The molecule has 168 valence electrons. The average Bonchev–Trinajstić information content (AvgIpc) is 3.32. The number of fused-ring (bicyclic) bond motifs is 3. The molecular weight excluding hydrogens is 416 g/mol. The molecular formula is C21H30N6O3S. The average molecular weight is 447 g/mol. The monoisotopic (exact) mass is 446 g/mol. The van der Waals surface area contributed by atoms with Crippen LogP contribution in [0, 0.1) is 0 Å². The van der Waals surface area contributed by atoms with E-state index in [1.54, 1.807) is 30.3 Å². The van der Waals surface area contributed by atoms with Crippen molar-refractivity contribution in [3.63, 3.8) is 0 Å². The molecule has 0 spiro atoms. The van der Waals surface area contributed by atoms with E-state index in [-0.39, 0.29) is 29.4 Å². The molecule has 1 saturated carbocycles. The van der Waals surface area contributed by atoms with E-state index < -0.39 is 15.6 Å². The maximum Gasteiger partial charge on any atom is 0.263 e. The Hall–Kier alpha value is -2.43. The lowest BCUT2D eigenvalue weighted by molar-refractivity contribution is 0.0816. The third-order valence-electron chi connectivity index (χ3n) is 6.23. The van der Waals surface area contributed by atoms with E-state index in [1.165, 1.54) is 6.07 Å². The zero-order chi connectivity index (χ0) is 22.6. The molecule has 0 radical (unpaired) electrons. The number of nitrogens with one attached hydrogen (secondary N) is 2. The number of rotatable bonds is 7. The van der Waals surface area contributed by atoms with Gasteiger partial charge in [-0.05, 0) is 63.6 Å². The fraction of sp³-hybridized carbons (Fsp3) is 0.524. The van der Waals surface area contributed by atoms with Gasteiger partial charge in [0, 0.05) is 19.1 Å². The summed E-state index contributed by atoms with van der Waals surface area (Å²) in [6.07, 6.45) is 3.41. The Kier molecular flexibility index (Phi) is 5.35. The second kappa shape index (κ2) is 7.61. The molecule has 1 aromatic carbocycles. The van der Waals surface area contributed by atoms with Gasteiger partial charge in [0.25, 0.3) is 5.91 Å². The molecule has 1 fully saturated rings. The van der Waals surface area contributed by atoms with Crippen molar-refractivity contribution >= 4 is 27.6 Å². The van der Waals surface area contributed by atoms with Crippen LogP contribution in [0.2, 0.25) is 0 Å². The molecule has 9 nitrogen and oxygen atoms in total. The number of benzene rings is 1. The van der Waals surface area contributed by atoms with Crippen molar-refractivity contribution in [3.8, 4) is 0 Å². The molecule has 2 heterocycles. The lowest BCUT2D eigenvalue weighted by atomic mass is 10.0. The minimum absolute atomic E-state index is 0.0529. The van der Waals surface area contributed by atoms with Gasteiger partial charge < -0.3 is 16.0 Å². The summed E-state index contributed by atoms with van der Waals surface area (Å²) in [5, 5.41) is 2.98. The predicted molar refractivity (Wildman–Crippen MR) is 120 cm³/mol. The number of sulfonamides is 1. The summed E-state index contributed by atoms with van der Waals surface area (Å²) >= 11 is 0. The van der Waals surface area contributed by atoms with Crippen LogP contribution in [0.1, 0.15) is 44.0 Å². The SMILES string of the molecule is CN/C=C(\CN)C(C)N1C(=O)c2cc(S(=O)(=O)NC3(C)CC3)ccc2N2C1=NC[C@H]2C. The Labute approximate surface area is 183 Å². The molecule has 2 atom stereocenters. The maximum atomic E-state index is 13.6. The third-order valence-corrected chi connectivity index (χ3v) is 7.86. The molecule has 1 aliphatic carbocycles. The molecule has 1 amide bonds. The summed E-state index contributed by atoms with van der Waals surface area (Å²) in [6.45, 7) is 6.65. The van der Waals surface area contributed by atoms with Crippen LogP contribution in [-0.4, -0.2) is 62.9 Å². The lowest BCUT2D eigenvalue weighted by Crippen LogP contribution is -2.56. The van der Waals surface area contributed by atoms with Gasteiger partial charge in [-0.2, -0.15) is 0 Å². The smallest absolute Gasteiger partial charge is 0.263 e. The van der Waals surface area contributed by atoms with Crippen LogP contribution in [0.5, 0.6) is 0 Å². The Bertz CT molecular complexity index is 1080. The zero-order valence-corrected chi connectivity index (χ0v) is 19.2. The highest BCUT2D eigenvalue weighted by atomic mass is 32.2. The van der Waals surface area contributed by atoms with Crippen LogP contribution in [0.4, 0.5) is 5.69 Å². The van der Waals surface area contributed by atoms with Crippen molar-refractivity contribution in [1.29, 1.82) is 0 Å². The number of carbonyl (C=O) groups is 1. The van der Waals surface area contributed by atoms with Gasteiger partial charge in [-0.3, -0.25) is 14.7 Å². The summed E-state index contributed by atoms with van der Waals surface area (Å²) in [4.78, 5) is 22.0. The summed E-state index contributed by atoms with van der Waals surface area (Å²) in [6, 6.07) is 4.47. The molecule has 1 aromatic rings. The Morgan fingerprint density at radius 1 is 1.42 bits per heavy atom. The normalized spacial score (nSPS) is 23.3. The first-order valence-corrected chi connectivity index (χ1v) is 12.0. The Balaban J connectivity index is 1.78. The highest BCUT2D eigenvalue weighted by Crippen LogP contribution is 2.38. The predicted octanol–water partition coefficient (Wildman–Crippen LogP) is 0.988. The van der Waals surface area contributed by atoms with Gasteiger partial charge in [-0.1, -0.05) is 0 Å². The van der Waals surface area contributed by atoms with Gasteiger partial charge in [-0.25, -0.2) is 13.1 Å². The number of carbonyl (C=O) groups excluding carboxylic acids is 1. The van der Waals surface area contributed by atoms with E-state index >= 15 is 0 Å². The second-order valence-electron chi connectivity index (χ2n) is 8.77. The minimum atomic E-state index is -3.73. The van der Waals surface area contributed by atoms with Crippen LogP contribution in [0.25, 0.3) is 0 Å². The number of aliphatic imine (C=N–C) groups is 1. The van der Waals surface area contributed by atoms with Crippen LogP contribution >= 0.6 is 0 Å². The number of nitrogens with zero attached hydrogens (tertiary/aromatic N) is 3. The van der Waals surface area contributed by atoms with Crippen molar-refractivity contribution in [2.24, 2.45) is 10.7 Å². The van der Waals surface area contributed by atoms with Gasteiger partial charge in [0.15, 0.2) is 0 Å². The van der Waals surface area contributed by atoms with Gasteiger partial charge >= 0.3 is 0 Å². The summed E-state index contributed by atoms with van der Waals surface area (Å²) < 4.78 is 28.6. The molecule has 1 unspecified atom stereocenters. The highest BCUT2D eigenvalue weighted by Gasteiger charge is 2.44. The molecule has 3 aliphatic rings. The van der Waals surface area contributed by atoms with E-state index in [9.17, 15) is 13.2 Å². The number of amides is 1. The summed E-state index contributed by atoms with van der Waals surface area (Å²) in [7, 11) is -1.95. The van der Waals surface area contributed by atoms with Gasteiger partial charge in [0.05, 0.1) is 34.8 Å². The highest BCUT2D eigenvalue weighted by molar-refractivity contribution is 7.89. The first kappa shape index (κ1) is 21.8. The van der Waals surface area contributed by atoms with Crippen molar-refractivity contribution < 1.29 is 13.2 Å². The molecule has 10 heteroatoms. The number of hydrogen-bond acceptors (Lipinski definition) is 7. The van der Waals surface area contributed by atoms with Gasteiger partial charge in [-0.15, -0.1) is 0 Å². The fourth-order valence-electron chi connectivity index (χ4n) is 4.11. The van der Waals surface area contributed by atoms with E-state index in [2.05, 4.69) is 15.0 Å². The standard InChI is InChI=1S/C21H30N6O3S/c1-13-11-24-20-26(13)18-6-5-16(31(29,30)25-21(3)7-8-21)9-17(18)19(28)27(20)14(2)15(10-22)12-23-4/h5-6,9,12-14,23,25H,7-8,10-11,22H2,1-4H3/b15-12+/t13-,14?/m1/s1. The zero-order valence-electron chi connectivity index (χ0n) is 18.3. The summed E-state index contributed by atoms with van der Waals surface area (Å²) in [5.41, 5.74) is 7.41. The number of anilines is 1. The van der Waals surface area contributed by atoms with Crippen molar-refractivity contribution in [2.75, 3.05) is 25.0 Å². The Morgan fingerprint density at radius 3 is 2.74 bits per heavy atom. The topological polar surface area (TPSA) is 120 Å². The van der Waals surface area contributed by atoms with Crippen LogP contribution in [-0.2, 0) is 10.0 Å². The number of nitrogens with two attached hydrogens (primary N) is 1. The third kappa shape index (κ3) is 3.72.